The zero-order valence-electron chi connectivity index (χ0n) is 15.0. The van der Waals surface area contributed by atoms with Crippen LogP contribution in [0.15, 0.2) is 36.5 Å². The van der Waals surface area contributed by atoms with E-state index in [4.69, 9.17) is 0 Å². The van der Waals surface area contributed by atoms with Gasteiger partial charge in [-0.2, -0.15) is 18.3 Å². The van der Waals surface area contributed by atoms with Crippen molar-refractivity contribution < 1.29 is 26.3 Å². The van der Waals surface area contributed by atoms with E-state index in [-0.39, 0.29) is 17.3 Å². The van der Waals surface area contributed by atoms with Gasteiger partial charge in [-0.1, -0.05) is 0 Å². The van der Waals surface area contributed by atoms with Crippen molar-refractivity contribution in [1.29, 1.82) is 0 Å². The Kier molecular flexibility index (Phi) is 4.51. The summed E-state index contributed by atoms with van der Waals surface area (Å²) >= 11 is 0. The molecule has 0 aliphatic carbocycles. The van der Waals surface area contributed by atoms with Crippen molar-refractivity contribution in [2.45, 2.75) is 25.2 Å². The van der Waals surface area contributed by atoms with Gasteiger partial charge in [0.15, 0.2) is 17.5 Å². The molecule has 3 aromatic rings. The minimum absolute atomic E-state index is 0.0498. The molecule has 1 aliphatic heterocycles. The highest BCUT2D eigenvalue weighted by atomic mass is 19.4. The van der Waals surface area contributed by atoms with Gasteiger partial charge in [0.05, 0.1) is 23.6 Å². The molecule has 0 amide bonds. The van der Waals surface area contributed by atoms with Crippen molar-refractivity contribution in [2.75, 3.05) is 11.9 Å². The van der Waals surface area contributed by atoms with Crippen molar-refractivity contribution >= 4 is 5.69 Å². The van der Waals surface area contributed by atoms with Crippen molar-refractivity contribution in [1.82, 2.24) is 14.8 Å². The molecule has 1 unspecified atom stereocenters. The molecule has 1 aliphatic rings. The van der Waals surface area contributed by atoms with Gasteiger partial charge in [0.2, 0.25) is 0 Å². The lowest BCUT2D eigenvalue weighted by molar-refractivity contribution is -0.141. The van der Waals surface area contributed by atoms with Crippen molar-refractivity contribution in [3.8, 4) is 11.3 Å². The molecule has 2 aromatic heterocycles. The van der Waals surface area contributed by atoms with Gasteiger partial charge in [-0.25, -0.2) is 18.2 Å². The predicted octanol–water partition coefficient (Wildman–Crippen LogP) is 4.96. The normalized spacial score (nSPS) is 16.2. The summed E-state index contributed by atoms with van der Waals surface area (Å²) in [5, 5.41) is 4.22. The van der Waals surface area contributed by atoms with Crippen LogP contribution in [0.4, 0.5) is 32.0 Å². The Bertz CT molecular complexity index is 1080. The molecule has 0 saturated carbocycles. The Hall–Kier alpha value is -3.04. The third-order valence-corrected chi connectivity index (χ3v) is 4.97. The molecular weight excluding hydrogens is 398 g/mol. The monoisotopic (exact) mass is 412 g/mol. The van der Waals surface area contributed by atoms with Crippen LogP contribution < -0.4 is 4.90 Å². The van der Waals surface area contributed by atoms with E-state index < -0.39 is 29.3 Å². The Morgan fingerprint density at radius 3 is 2.48 bits per heavy atom. The van der Waals surface area contributed by atoms with E-state index in [0.717, 1.165) is 12.1 Å². The fourth-order valence-corrected chi connectivity index (χ4v) is 3.47. The number of aryl methyl sites for hydroxylation is 1. The highest BCUT2D eigenvalue weighted by Crippen LogP contribution is 2.37. The highest BCUT2D eigenvalue weighted by Gasteiger charge is 2.34. The number of aromatic nitrogens is 3. The summed E-state index contributed by atoms with van der Waals surface area (Å²) in [6.07, 6.45) is -3.58. The van der Waals surface area contributed by atoms with E-state index in [0.29, 0.717) is 36.6 Å². The number of hydrogen-bond acceptors (Lipinski definition) is 3. The molecule has 29 heavy (non-hydrogen) atoms. The molecular formula is C19H14F6N4. The molecule has 0 radical (unpaired) electrons. The first kappa shape index (κ1) is 19.3. The largest absolute Gasteiger partial charge is 0.433 e. The quantitative estimate of drug-likeness (QED) is 0.570. The van der Waals surface area contributed by atoms with Gasteiger partial charge in [-0.15, -0.1) is 0 Å². The summed E-state index contributed by atoms with van der Waals surface area (Å²) in [6, 6.07) is 5.36. The van der Waals surface area contributed by atoms with E-state index in [1.807, 2.05) is 0 Å². The second kappa shape index (κ2) is 6.78. The lowest BCUT2D eigenvalue weighted by atomic mass is 10.1. The SMILES string of the molecule is CN(c1ccc(F)c(F)c1)C1CCn2nc(-c3cc(C(F)(F)F)ncc3F)cc21. The van der Waals surface area contributed by atoms with Gasteiger partial charge in [-0.3, -0.25) is 4.68 Å². The van der Waals surface area contributed by atoms with E-state index in [1.54, 1.807) is 16.6 Å². The smallest absolute Gasteiger partial charge is 0.366 e. The molecule has 4 rings (SSSR count). The van der Waals surface area contributed by atoms with E-state index in [1.165, 1.54) is 12.1 Å². The molecule has 0 spiro atoms. The molecule has 152 valence electrons. The number of benzene rings is 1. The van der Waals surface area contributed by atoms with Crippen LogP contribution >= 0.6 is 0 Å². The van der Waals surface area contributed by atoms with Gasteiger partial charge in [0, 0.05) is 30.9 Å². The standard InChI is InChI=1S/C19H14F6N4/c1-28(10-2-3-12(20)13(21)6-10)16-4-5-29-17(16)8-15(27-29)11-7-18(19(23,24)25)26-9-14(11)22/h2-3,6-9,16H,4-5H2,1H3. The average Bonchev–Trinajstić information content (AvgIpc) is 3.23. The zero-order valence-corrected chi connectivity index (χ0v) is 15.0. The fourth-order valence-electron chi connectivity index (χ4n) is 3.47. The first-order valence-corrected chi connectivity index (χ1v) is 8.64. The Morgan fingerprint density at radius 2 is 1.79 bits per heavy atom. The summed E-state index contributed by atoms with van der Waals surface area (Å²) in [4.78, 5) is 4.81. The minimum atomic E-state index is -4.71. The van der Waals surface area contributed by atoms with Crippen molar-refractivity contribution in [3.63, 3.8) is 0 Å². The lowest BCUT2D eigenvalue weighted by Gasteiger charge is -2.26. The van der Waals surface area contributed by atoms with Crippen LogP contribution in [0.25, 0.3) is 11.3 Å². The molecule has 0 N–H and O–H groups in total. The van der Waals surface area contributed by atoms with E-state index in [9.17, 15) is 26.3 Å². The molecule has 0 saturated heterocycles. The summed E-state index contributed by atoms with van der Waals surface area (Å²) in [5.74, 6) is -2.87. The average molecular weight is 412 g/mol. The summed E-state index contributed by atoms with van der Waals surface area (Å²) in [5.41, 5.74) is -0.397. The van der Waals surface area contributed by atoms with Crippen LogP contribution in [0, 0.1) is 17.5 Å². The van der Waals surface area contributed by atoms with Crippen LogP contribution in [-0.4, -0.2) is 21.8 Å². The molecule has 10 heteroatoms. The maximum Gasteiger partial charge on any atom is 0.433 e. The van der Waals surface area contributed by atoms with Crippen LogP contribution in [0.5, 0.6) is 0 Å². The third kappa shape index (κ3) is 3.43. The molecule has 1 atom stereocenters. The maximum absolute atomic E-state index is 14.1. The molecule has 0 bridgehead atoms. The third-order valence-electron chi connectivity index (χ3n) is 4.97. The highest BCUT2D eigenvalue weighted by molar-refractivity contribution is 5.61. The number of hydrogen-bond donors (Lipinski definition) is 0. The molecule has 3 heterocycles. The van der Waals surface area contributed by atoms with Gasteiger partial charge in [-0.05, 0) is 30.7 Å². The van der Waals surface area contributed by atoms with Crippen molar-refractivity contribution in [3.05, 3.63) is 65.4 Å². The first-order valence-electron chi connectivity index (χ1n) is 8.64. The van der Waals surface area contributed by atoms with Crippen LogP contribution in [-0.2, 0) is 12.7 Å². The number of fused-ring (bicyclic) bond motifs is 1. The van der Waals surface area contributed by atoms with Crippen LogP contribution in [0.2, 0.25) is 0 Å². The number of halogens is 6. The summed E-state index contributed by atoms with van der Waals surface area (Å²) < 4.78 is 81.2. The Labute approximate surface area is 161 Å². The van der Waals surface area contributed by atoms with Gasteiger partial charge < -0.3 is 4.90 Å². The van der Waals surface area contributed by atoms with Gasteiger partial charge in [0.25, 0.3) is 0 Å². The number of anilines is 1. The lowest BCUT2D eigenvalue weighted by Crippen LogP contribution is -2.22. The van der Waals surface area contributed by atoms with Gasteiger partial charge >= 0.3 is 6.18 Å². The van der Waals surface area contributed by atoms with Gasteiger partial charge in [0.1, 0.15) is 5.69 Å². The summed E-state index contributed by atoms with van der Waals surface area (Å²) in [6.45, 7) is 0.451. The number of pyridine rings is 1. The first-order chi connectivity index (χ1) is 13.6. The Morgan fingerprint density at radius 1 is 1.03 bits per heavy atom. The number of nitrogens with zero attached hydrogens (tertiary/aromatic N) is 4. The molecule has 0 fully saturated rings. The molecule has 1 aromatic carbocycles. The number of rotatable bonds is 3. The van der Waals surface area contributed by atoms with Crippen LogP contribution in [0.1, 0.15) is 23.9 Å². The predicted molar refractivity (Wildman–Crippen MR) is 92.5 cm³/mol. The molecule has 4 nitrogen and oxygen atoms in total. The summed E-state index contributed by atoms with van der Waals surface area (Å²) in [7, 11) is 1.69. The Balaban J connectivity index is 1.69. The maximum atomic E-state index is 14.1. The van der Waals surface area contributed by atoms with Crippen molar-refractivity contribution in [2.24, 2.45) is 0 Å². The minimum Gasteiger partial charge on any atom is -0.366 e. The van der Waals surface area contributed by atoms with Crippen LogP contribution in [0.3, 0.4) is 0 Å². The topological polar surface area (TPSA) is 34.0 Å². The van der Waals surface area contributed by atoms with E-state index >= 15 is 0 Å². The second-order valence-corrected chi connectivity index (χ2v) is 6.74. The van der Waals surface area contributed by atoms with E-state index in [2.05, 4.69) is 10.1 Å². The fraction of sp³-hybridized carbons (Fsp3) is 0.263. The number of alkyl halides is 3. The second-order valence-electron chi connectivity index (χ2n) is 6.74. The zero-order chi connectivity index (χ0) is 20.9.